The fourth-order valence-electron chi connectivity index (χ4n) is 1.99. The average molecular weight is 300 g/mol. The van der Waals surface area contributed by atoms with E-state index in [1.54, 1.807) is 22.9 Å². The Bertz CT molecular complexity index is 817. The minimum absolute atomic E-state index is 0.415. The zero-order chi connectivity index (χ0) is 15.4. The monoisotopic (exact) mass is 299 g/mol. The van der Waals surface area contributed by atoms with Crippen molar-refractivity contribution in [1.29, 1.82) is 5.26 Å². The first kappa shape index (κ1) is 14.9. The molecule has 0 unspecified atom stereocenters. The van der Waals surface area contributed by atoms with Crippen molar-refractivity contribution in [3.05, 3.63) is 47.1 Å². The number of nitriles is 1. The molecule has 3 aromatic rings. The maximum Gasteiger partial charge on any atom is 0.150 e. The molecule has 0 saturated carbocycles. The van der Waals surface area contributed by atoms with Gasteiger partial charge in [-0.2, -0.15) is 5.26 Å². The highest BCUT2D eigenvalue weighted by atomic mass is 35.5. The molecule has 5 nitrogen and oxygen atoms in total. The highest BCUT2D eigenvalue weighted by molar-refractivity contribution is 6.34. The van der Waals surface area contributed by atoms with E-state index < -0.39 is 0 Å². The minimum atomic E-state index is 0.415. The van der Waals surface area contributed by atoms with Gasteiger partial charge in [0.25, 0.3) is 0 Å². The Balaban J connectivity index is 0.000000774. The summed E-state index contributed by atoms with van der Waals surface area (Å²) in [4.78, 5) is 12.5. The van der Waals surface area contributed by atoms with Gasteiger partial charge in [0.15, 0.2) is 5.65 Å². The fourth-order valence-corrected chi connectivity index (χ4v) is 2.27. The molecule has 0 N–H and O–H groups in total. The van der Waals surface area contributed by atoms with Gasteiger partial charge >= 0.3 is 0 Å². The van der Waals surface area contributed by atoms with Crippen LogP contribution in [-0.4, -0.2) is 19.5 Å². The highest BCUT2D eigenvalue weighted by Gasteiger charge is 2.12. The SMILES string of the molecule is CC.Cc1cn(-c2cc(C#N)ccn2)c2ncnc(Cl)c12. The van der Waals surface area contributed by atoms with E-state index in [2.05, 4.69) is 21.0 Å². The maximum atomic E-state index is 8.94. The first-order valence-corrected chi connectivity index (χ1v) is 6.93. The van der Waals surface area contributed by atoms with E-state index in [4.69, 9.17) is 16.9 Å². The number of halogens is 1. The number of hydrogen-bond donors (Lipinski definition) is 0. The lowest BCUT2D eigenvalue weighted by Crippen LogP contribution is -1.97. The van der Waals surface area contributed by atoms with Gasteiger partial charge in [-0.15, -0.1) is 0 Å². The van der Waals surface area contributed by atoms with Crippen LogP contribution in [0, 0.1) is 18.3 Å². The molecule has 3 heterocycles. The van der Waals surface area contributed by atoms with Crippen molar-refractivity contribution in [2.75, 3.05) is 0 Å². The Hall–Kier alpha value is -2.45. The van der Waals surface area contributed by atoms with E-state index in [0.29, 0.717) is 22.2 Å². The lowest BCUT2D eigenvalue weighted by atomic mass is 10.3. The van der Waals surface area contributed by atoms with Gasteiger partial charge in [-0.05, 0) is 24.6 Å². The molecular formula is C15H14ClN5. The van der Waals surface area contributed by atoms with Crippen LogP contribution in [0.5, 0.6) is 0 Å². The van der Waals surface area contributed by atoms with Crippen molar-refractivity contribution >= 4 is 22.6 Å². The minimum Gasteiger partial charge on any atom is -0.285 e. The number of nitrogens with zero attached hydrogens (tertiary/aromatic N) is 5. The number of aryl methyl sites for hydroxylation is 1. The molecule has 0 radical (unpaired) electrons. The normalized spacial score (nSPS) is 9.86. The molecule has 0 bridgehead atoms. The van der Waals surface area contributed by atoms with Gasteiger partial charge in [0.1, 0.15) is 17.3 Å². The van der Waals surface area contributed by atoms with Gasteiger partial charge in [-0.1, -0.05) is 25.4 Å². The van der Waals surface area contributed by atoms with E-state index in [1.165, 1.54) is 6.33 Å². The molecule has 0 aliphatic rings. The number of hydrogen-bond acceptors (Lipinski definition) is 4. The quantitative estimate of drug-likeness (QED) is 0.643. The van der Waals surface area contributed by atoms with Crippen molar-refractivity contribution in [2.24, 2.45) is 0 Å². The second-order valence-electron chi connectivity index (χ2n) is 4.06. The van der Waals surface area contributed by atoms with Crippen LogP contribution >= 0.6 is 11.6 Å². The Kier molecular flexibility index (Phi) is 4.51. The topological polar surface area (TPSA) is 67.4 Å². The summed E-state index contributed by atoms with van der Waals surface area (Å²) in [6.07, 6.45) is 4.89. The maximum absolute atomic E-state index is 8.94. The molecule has 0 aromatic carbocycles. The smallest absolute Gasteiger partial charge is 0.150 e. The third-order valence-electron chi connectivity index (χ3n) is 2.85. The van der Waals surface area contributed by atoms with Crippen molar-refractivity contribution in [3.63, 3.8) is 0 Å². The molecule has 0 fully saturated rings. The Morgan fingerprint density at radius 2 is 2.00 bits per heavy atom. The van der Waals surface area contributed by atoms with Gasteiger partial charge < -0.3 is 0 Å². The zero-order valence-electron chi connectivity index (χ0n) is 12.0. The van der Waals surface area contributed by atoms with Crippen molar-refractivity contribution in [2.45, 2.75) is 20.8 Å². The molecule has 21 heavy (non-hydrogen) atoms. The molecule has 6 heteroatoms. The summed E-state index contributed by atoms with van der Waals surface area (Å²) in [6, 6.07) is 5.45. The van der Waals surface area contributed by atoms with Crippen LogP contribution in [0.25, 0.3) is 16.9 Å². The summed E-state index contributed by atoms with van der Waals surface area (Å²) in [5.41, 5.74) is 2.19. The highest BCUT2D eigenvalue weighted by Crippen LogP contribution is 2.26. The predicted molar refractivity (Wildman–Crippen MR) is 82.5 cm³/mol. The first-order valence-electron chi connectivity index (χ1n) is 6.55. The van der Waals surface area contributed by atoms with Crippen LogP contribution in [-0.2, 0) is 0 Å². The zero-order valence-corrected chi connectivity index (χ0v) is 12.8. The number of aromatic nitrogens is 4. The van der Waals surface area contributed by atoms with Gasteiger partial charge in [-0.25, -0.2) is 15.0 Å². The van der Waals surface area contributed by atoms with E-state index in [0.717, 1.165) is 10.9 Å². The molecule has 3 aromatic heterocycles. The fraction of sp³-hybridized carbons (Fsp3) is 0.200. The molecule has 0 aliphatic carbocycles. The average Bonchev–Trinajstić information content (AvgIpc) is 2.88. The van der Waals surface area contributed by atoms with Crippen molar-refractivity contribution in [1.82, 2.24) is 19.5 Å². The Morgan fingerprint density at radius 1 is 1.24 bits per heavy atom. The van der Waals surface area contributed by atoms with Crippen LogP contribution in [0.2, 0.25) is 5.15 Å². The second kappa shape index (κ2) is 6.33. The molecule has 0 spiro atoms. The van der Waals surface area contributed by atoms with E-state index in [9.17, 15) is 0 Å². The number of fused-ring (bicyclic) bond motifs is 1. The van der Waals surface area contributed by atoms with E-state index in [-0.39, 0.29) is 0 Å². The largest absolute Gasteiger partial charge is 0.285 e. The van der Waals surface area contributed by atoms with Crippen LogP contribution < -0.4 is 0 Å². The molecule has 0 amide bonds. The molecule has 3 rings (SSSR count). The molecule has 0 atom stereocenters. The van der Waals surface area contributed by atoms with Gasteiger partial charge in [0, 0.05) is 12.4 Å². The van der Waals surface area contributed by atoms with Crippen LogP contribution in [0.1, 0.15) is 25.0 Å². The predicted octanol–water partition coefficient (Wildman–Crippen LogP) is 3.68. The summed E-state index contributed by atoms with van der Waals surface area (Å²) < 4.78 is 1.80. The summed E-state index contributed by atoms with van der Waals surface area (Å²) in [7, 11) is 0. The summed E-state index contributed by atoms with van der Waals surface area (Å²) in [5, 5.41) is 10.2. The molecule has 0 aliphatic heterocycles. The Morgan fingerprint density at radius 3 is 2.71 bits per heavy atom. The summed E-state index contributed by atoms with van der Waals surface area (Å²) in [6.45, 7) is 5.93. The van der Waals surface area contributed by atoms with Crippen LogP contribution in [0.15, 0.2) is 30.9 Å². The van der Waals surface area contributed by atoms with Crippen LogP contribution in [0.3, 0.4) is 0 Å². The van der Waals surface area contributed by atoms with Crippen molar-refractivity contribution in [3.8, 4) is 11.9 Å². The first-order chi connectivity index (χ1) is 10.2. The molecule has 106 valence electrons. The number of rotatable bonds is 1. The molecule has 0 saturated heterocycles. The van der Waals surface area contributed by atoms with Gasteiger partial charge in [-0.3, -0.25) is 4.57 Å². The second-order valence-corrected chi connectivity index (χ2v) is 4.42. The van der Waals surface area contributed by atoms with E-state index in [1.807, 2.05) is 27.0 Å². The Labute approximate surface area is 127 Å². The molecular weight excluding hydrogens is 286 g/mol. The number of pyridine rings is 1. The van der Waals surface area contributed by atoms with Crippen molar-refractivity contribution < 1.29 is 0 Å². The van der Waals surface area contributed by atoms with Gasteiger partial charge in [0.2, 0.25) is 0 Å². The standard InChI is InChI=1S/C13H8ClN5.C2H6/c1-8-6-19(10-4-9(5-15)2-3-16-10)13-11(8)12(14)17-7-18-13;1-2/h2-4,6-7H,1H3;1-2H3. The summed E-state index contributed by atoms with van der Waals surface area (Å²) in [5.74, 6) is 0.631. The van der Waals surface area contributed by atoms with E-state index >= 15 is 0 Å². The summed E-state index contributed by atoms with van der Waals surface area (Å²) >= 11 is 6.08. The van der Waals surface area contributed by atoms with Crippen LogP contribution in [0.4, 0.5) is 0 Å². The van der Waals surface area contributed by atoms with Gasteiger partial charge in [0.05, 0.1) is 17.0 Å². The third kappa shape index (κ3) is 2.71. The lowest BCUT2D eigenvalue weighted by Gasteiger charge is -2.03. The third-order valence-corrected chi connectivity index (χ3v) is 3.13. The lowest BCUT2D eigenvalue weighted by molar-refractivity contribution is 1.01.